The molecule has 1 atom stereocenters. The number of amides is 1. The highest BCUT2D eigenvalue weighted by Crippen LogP contribution is 2.32. The van der Waals surface area contributed by atoms with Crippen LogP contribution in [0.4, 0.5) is 5.69 Å². The predicted octanol–water partition coefficient (Wildman–Crippen LogP) is 3.96. The largest absolute Gasteiger partial charge is 0.314 e. The quantitative estimate of drug-likeness (QED) is 0.740. The molecule has 0 saturated heterocycles. The van der Waals surface area contributed by atoms with E-state index < -0.39 is 0 Å². The van der Waals surface area contributed by atoms with Gasteiger partial charge in [0.1, 0.15) is 5.88 Å². The monoisotopic (exact) mass is 267 g/mol. The van der Waals surface area contributed by atoms with Crippen LogP contribution in [-0.4, -0.2) is 18.8 Å². The first kappa shape index (κ1) is 15.0. The van der Waals surface area contributed by atoms with Crippen molar-refractivity contribution in [2.45, 2.75) is 39.5 Å². The SMILES string of the molecule is CCc1cccc(C(C)CC)c1N(C)C(=O)CCl. The molecule has 0 aromatic heterocycles. The Balaban J connectivity index is 3.31. The number of hydrogen-bond acceptors (Lipinski definition) is 1. The van der Waals surface area contributed by atoms with E-state index in [1.54, 1.807) is 4.90 Å². The van der Waals surface area contributed by atoms with Gasteiger partial charge >= 0.3 is 0 Å². The first-order chi connectivity index (χ1) is 8.56. The van der Waals surface area contributed by atoms with Gasteiger partial charge < -0.3 is 4.90 Å². The molecule has 0 aliphatic carbocycles. The summed E-state index contributed by atoms with van der Waals surface area (Å²) in [6, 6.07) is 6.27. The molecule has 0 heterocycles. The average Bonchev–Trinajstić information content (AvgIpc) is 2.43. The van der Waals surface area contributed by atoms with Crippen LogP contribution in [0.2, 0.25) is 0 Å². The molecule has 0 bridgehead atoms. The van der Waals surface area contributed by atoms with Crippen LogP contribution < -0.4 is 4.90 Å². The summed E-state index contributed by atoms with van der Waals surface area (Å²) in [6.07, 6.45) is 1.97. The van der Waals surface area contributed by atoms with Crippen molar-refractivity contribution in [1.82, 2.24) is 0 Å². The van der Waals surface area contributed by atoms with Crippen LogP contribution in [0.1, 0.15) is 44.2 Å². The van der Waals surface area contributed by atoms with Crippen LogP contribution >= 0.6 is 11.6 Å². The van der Waals surface area contributed by atoms with E-state index in [1.165, 1.54) is 11.1 Å². The van der Waals surface area contributed by atoms with Gasteiger partial charge in [-0.1, -0.05) is 39.0 Å². The lowest BCUT2D eigenvalue weighted by atomic mass is 9.93. The number of hydrogen-bond donors (Lipinski definition) is 0. The third kappa shape index (κ3) is 3.05. The van der Waals surface area contributed by atoms with Gasteiger partial charge in [0, 0.05) is 12.7 Å². The van der Waals surface area contributed by atoms with Gasteiger partial charge in [0.2, 0.25) is 5.91 Å². The van der Waals surface area contributed by atoms with Gasteiger partial charge in [0.15, 0.2) is 0 Å². The summed E-state index contributed by atoms with van der Waals surface area (Å²) in [4.78, 5) is 13.5. The van der Waals surface area contributed by atoms with E-state index in [2.05, 4.69) is 39.0 Å². The number of aryl methyl sites for hydroxylation is 1. The standard InChI is InChI=1S/C15H22ClNO/c1-5-11(3)13-9-7-8-12(6-2)15(13)17(4)14(18)10-16/h7-9,11H,5-6,10H2,1-4H3. The molecule has 0 fully saturated rings. The summed E-state index contributed by atoms with van der Waals surface area (Å²) in [5.74, 6) is 0.410. The first-order valence-electron chi connectivity index (χ1n) is 6.51. The molecule has 0 spiro atoms. The van der Waals surface area contributed by atoms with E-state index in [0.717, 1.165) is 18.5 Å². The normalized spacial score (nSPS) is 12.3. The van der Waals surface area contributed by atoms with Crippen LogP contribution in [0.15, 0.2) is 18.2 Å². The zero-order valence-electron chi connectivity index (χ0n) is 11.7. The van der Waals surface area contributed by atoms with Crippen LogP contribution in [0, 0.1) is 0 Å². The number of carbonyl (C=O) groups is 1. The fraction of sp³-hybridized carbons (Fsp3) is 0.533. The van der Waals surface area contributed by atoms with E-state index in [4.69, 9.17) is 11.6 Å². The number of para-hydroxylation sites is 1. The lowest BCUT2D eigenvalue weighted by Crippen LogP contribution is -2.29. The van der Waals surface area contributed by atoms with E-state index in [-0.39, 0.29) is 11.8 Å². The van der Waals surface area contributed by atoms with Crippen molar-refractivity contribution in [1.29, 1.82) is 0 Å². The molecule has 18 heavy (non-hydrogen) atoms. The Morgan fingerprint density at radius 1 is 1.39 bits per heavy atom. The number of halogens is 1. The summed E-state index contributed by atoms with van der Waals surface area (Å²) in [7, 11) is 1.81. The second-order valence-electron chi connectivity index (χ2n) is 4.60. The van der Waals surface area contributed by atoms with Gasteiger partial charge in [-0.25, -0.2) is 0 Å². The highest BCUT2D eigenvalue weighted by molar-refractivity contribution is 6.29. The minimum atomic E-state index is -0.0536. The summed E-state index contributed by atoms with van der Waals surface area (Å²) >= 11 is 5.67. The zero-order valence-corrected chi connectivity index (χ0v) is 12.4. The van der Waals surface area contributed by atoms with Gasteiger partial charge in [-0.3, -0.25) is 4.79 Å². The lowest BCUT2D eigenvalue weighted by Gasteiger charge is -2.25. The predicted molar refractivity (Wildman–Crippen MR) is 78.7 cm³/mol. The van der Waals surface area contributed by atoms with Gasteiger partial charge in [0.25, 0.3) is 0 Å². The minimum Gasteiger partial charge on any atom is -0.314 e. The molecular formula is C15H22ClNO. The zero-order chi connectivity index (χ0) is 13.7. The highest BCUT2D eigenvalue weighted by atomic mass is 35.5. The molecule has 1 aromatic carbocycles. The first-order valence-corrected chi connectivity index (χ1v) is 7.04. The highest BCUT2D eigenvalue weighted by Gasteiger charge is 2.19. The fourth-order valence-corrected chi connectivity index (χ4v) is 2.32. The summed E-state index contributed by atoms with van der Waals surface area (Å²) < 4.78 is 0. The molecule has 1 aromatic rings. The van der Waals surface area contributed by atoms with Crippen LogP contribution in [-0.2, 0) is 11.2 Å². The molecule has 1 unspecified atom stereocenters. The van der Waals surface area contributed by atoms with E-state index in [9.17, 15) is 4.79 Å². The fourth-order valence-electron chi connectivity index (χ4n) is 2.14. The summed E-state index contributed by atoms with van der Waals surface area (Å²) in [6.45, 7) is 6.46. The Kier molecular flexibility index (Phi) is 5.67. The molecule has 0 aliphatic heterocycles. The average molecular weight is 268 g/mol. The molecule has 0 N–H and O–H groups in total. The molecule has 100 valence electrons. The lowest BCUT2D eigenvalue weighted by molar-refractivity contribution is -0.116. The van der Waals surface area contributed by atoms with E-state index >= 15 is 0 Å². The molecule has 3 heteroatoms. The molecular weight excluding hydrogens is 246 g/mol. The number of rotatable bonds is 5. The number of anilines is 1. The maximum Gasteiger partial charge on any atom is 0.241 e. The second kappa shape index (κ2) is 6.79. The number of nitrogens with zero attached hydrogens (tertiary/aromatic N) is 1. The van der Waals surface area contributed by atoms with Crippen molar-refractivity contribution in [3.05, 3.63) is 29.3 Å². The van der Waals surface area contributed by atoms with E-state index in [1.807, 2.05) is 7.05 Å². The third-order valence-electron chi connectivity index (χ3n) is 3.50. The van der Waals surface area contributed by atoms with Crippen LogP contribution in [0.25, 0.3) is 0 Å². The maximum atomic E-state index is 11.8. The van der Waals surface area contributed by atoms with Crippen LogP contribution in [0.3, 0.4) is 0 Å². The molecule has 0 radical (unpaired) electrons. The van der Waals surface area contributed by atoms with Crippen molar-refractivity contribution in [3.8, 4) is 0 Å². The van der Waals surface area contributed by atoms with Crippen molar-refractivity contribution in [2.75, 3.05) is 17.8 Å². The number of benzene rings is 1. The van der Waals surface area contributed by atoms with Crippen LogP contribution in [0.5, 0.6) is 0 Å². The molecule has 1 amide bonds. The smallest absolute Gasteiger partial charge is 0.241 e. The Hall–Kier alpha value is -1.02. The molecule has 2 nitrogen and oxygen atoms in total. The minimum absolute atomic E-state index is 0.0223. The van der Waals surface area contributed by atoms with Crippen molar-refractivity contribution >= 4 is 23.2 Å². The second-order valence-corrected chi connectivity index (χ2v) is 4.87. The van der Waals surface area contributed by atoms with Crippen molar-refractivity contribution in [2.24, 2.45) is 0 Å². The number of carbonyl (C=O) groups excluding carboxylic acids is 1. The molecule has 0 aliphatic rings. The summed E-state index contributed by atoms with van der Waals surface area (Å²) in [5.41, 5.74) is 3.48. The summed E-state index contributed by atoms with van der Waals surface area (Å²) in [5, 5.41) is 0. The Labute approximate surface area is 115 Å². The topological polar surface area (TPSA) is 20.3 Å². The van der Waals surface area contributed by atoms with Crippen molar-refractivity contribution in [3.63, 3.8) is 0 Å². The van der Waals surface area contributed by atoms with Gasteiger partial charge in [0.05, 0.1) is 0 Å². The van der Waals surface area contributed by atoms with Gasteiger partial charge in [-0.15, -0.1) is 11.6 Å². The van der Waals surface area contributed by atoms with Gasteiger partial charge in [-0.2, -0.15) is 0 Å². The molecule has 1 rings (SSSR count). The third-order valence-corrected chi connectivity index (χ3v) is 3.73. The Morgan fingerprint density at radius 3 is 2.56 bits per heavy atom. The Morgan fingerprint density at radius 2 is 2.06 bits per heavy atom. The van der Waals surface area contributed by atoms with Gasteiger partial charge in [-0.05, 0) is 29.9 Å². The van der Waals surface area contributed by atoms with Crippen molar-refractivity contribution < 1.29 is 4.79 Å². The van der Waals surface area contributed by atoms with E-state index in [0.29, 0.717) is 5.92 Å². The molecule has 0 saturated carbocycles. The maximum absolute atomic E-state index is 11.8. The Bertz CT molecular complexity index is 417. The number of alkyl halides is 1.